The van der Waals surface area contributed by atoms with E-state index in [0.717, 1.165) is 0 Å². The second-order valence-electron chi connectivity index (χ2n) is 3.23. The van der Waals surface area contributed by atoms with Crippen LogP contribution in [-0.2, 0) is 9.53 Å². The lowest BCUT2D eigenvalue weighted by Crippen LogP contribution is -2.21. The highest BCUT2D eigenvalue weighted by molar-refractivity contribution is 5.93. The first-order chi connectivity index (χ1) is 8.04. The summed E-state index contributed by atoms with van der Waals surface area (Å²) >= 11 is 0. The molecule has 1 amide bonds. The zero-order valence-electron chi connectivity index (χ0n) is 9.43. The Kier molecular flexibility index (Phi) is 4.33. The number of esters is 1. The largest absolute Gasteiger partial charge is 0.483 e. The Morgan fingerprint density at radius 2 is 2.06 bits per heavy atom. The van der Waals surface area contributed by atoms with E-state index in [1.165, 1.54) is 12.1 Å². The van der Waals surface area contributed by atoms with E-state index in [4.69, 9.17) is 20.9 Å². The van der Waals surface area contributed by atoms with Crippen molar-refractivity contribution in [3.05, 3.63) is 23.8 Å². The van der Waals surface area contributed by atoms with Gasteiger partial charge in [0, 0.05) is 11.8 Å². The number of carbonyl (C=O) groups excluding carboxylic acids is 2. The van der Waals surface area contributed by atoms with Crippen LogP contribution in [0.2, 0.25) is 0 Å². The summed E-state index contributed by atoms with van der Waals surface area (Å²) in [4.78, 5) is 22.2. The number of ether oxygens (including phenoxy) is 2. The number of nitrogens with two attached hydrogens (primary N) is 2. The predicted molar refractivity (Wildman–Crippen MR) is 61.5 cm³/mol. The molecule has 0 bridgehead atoms. The van der Waals surface area contributed by atoms with Crippen molar-refractivity contribution in [3.8, 4) is 5.75 Å². The van der Waals surface area contributed by atoms with Crippen molar-refractivity contribution >= 4 is 17.6 Å². The van der Waals surface area contributed by atoms with E-state index in [1.54, 1.807) is 13.0 Å². The Morgan fingerprint density at radius 1 is 1.35 bits per heavy atom. The van der Waals surface area contributed by atoms with Crippen molar-refractivity contribution < 1.29 is 19.1 Å². The van der Waals surface area contributed by atoms with Crippen LogP contribution in [0.5, 0.6) is 5.75 Å². The zero-order valence-corrected chi connectivity index (χ0v) is 9.43. The fraction of sp³-hybridized carbons (Fsp3) is 0.273. The van der Waals surface area contributed by atoms with E-state index < -0.39 is 11.9 Å². The molecule has 0 fully saturated rings. The third-order valence-electron chi connectivity index (χ3n) is 1.87. The summed E-state index contributed by atoms with van der Waals surface area (Å²) in [5, 5.41) is 0. The van der Waals surface area contributed by atoms with Crippen molar-refractivity contribution in [1.82, 2.24) is 0 Å². The van der Waals surface area contributed by atoms with Gasteiger partial charge in [-0.3, -0.25) is 4.79 Å². The normalized spacial score (nSPS) is 9.71. The van der Waals surface area contributed by atoms with Gasteiger partial charge < -0.3 is 20.9 Å². The Morgan fingerprint density at radius 3 is 2.65 bits per heavy atom. The lowest BCUT2D eigenvalue weighted by Gasteiger charge is -2.10. The first kappa shape index (κ1) is 12.8. The maximum atomic E-state index is 11.6. The van der Waals surface area contributed by atoms with E-state index in [1.807, 2.05) is 0 Å². The van der Waals surface area contributed by atoms with Crippen LogP contribution in [0.1, 0.15) is 17.3 Å². The summed E-state index contributed by atoms with van der Waals surface area (Å²) in [5.41, 5.74) is 11.1. The quantitative estimate of drug-likeness (QED) is 0.567. The average Bonchev–Trinajstić information content (AvgIpc) is 2.26. The van der Waals surface area contributed by atoms with Crippen molar-refractivity contribution in [2.45, 2.75) is 6.92 Å². The van der Waals surface area contributed by atoms with E-state index in [9.17, 15) is 9.59 Å². The number of hydrogen-bond acceptors (Lipinski definition) is 5. The molecule has 1 rings (SSSR count). The summed E-state index contributed by atoms with van der Waals surface area (Å²) in [6, 6.07) is 4.46. The van der Waals surface area contributed by atoms with E-state index in [-0.39, 0.29) is 24.5 Å². The summed E-state index contributed by atoms with van der Waals surface area (Å²) in [5.74, 6) is -0.989. The predicted octanol–water partition coefficient (Wildman–Crippen LogP) is 0.310. The fourth-order valence-electron chi connectivity index (χ4n) is 1.18. The number of benzene rings is 1. The molecule has 92 valence electrons. The molecule has 1 aromatic rings. The molecule has 17 heavy (non-hydrogen) atoms. The van der Waals surface area contributed by atoms with Crippen LogP contribution >= 0.6 is 0 Å². The summed E-state index contributed by atoms with van der Waals surface area (Å²) in [6.45, 7) is 1.62. The molecule has 0 aliphatic carbocycles. The summed E-state index contributed by atoms with van der Waals surface area (Å²) in [7, 11) is 0. The van der Waals surface area contributed by atoms with Gasteiger partial charge in [-0.25, -0.2) is 4.79 Å². The smallest absolute Gasteiger partial charge is 0.341 e. The SMILES string of the molecule is CCOC(=O)c1ccc(N)cc1OCC(N)=O. The number of primary amides is 1. The van der Waals surface area contributed by atoms with E-state index in [2.05, 4.69) is 0 Å². The molecule has 0 radical (unpaired) electrons. The van der Waals surface area contributed by atoms with Crippen LogP contribution in [0.25, 0.3) is 0 Å². The number of rotatable bonds is 5. The summed E-state index contributed by atoms with van der Waals surface area (Å²) in [6.07, 6.45) is 0. The van der Waals surface area contributed by atoms with Gasteiger partial charge in [0.05, 0.1) is 6.61 Å². The Hall–Kier alpha value is -2.24. The van der Waals surface area contributed by atoms with Crippen LogP contribution in [0.3, 0.4) is 0 Å². The molecule has 0 aliphatic heterocycles. The molecule has 4 N–H and O–H groups in total. The Labute approximate surface area is 98.5 Å². The van der Waals surface area contributed by atoms with Crippen LogP contribution in [0.15, 0.2) is 18.2 Å². The van der Waals surface area contributed by atoms with Gasteiger partial charge in [0.15, 0.2) is 6.61 Å². The molecule has 6 heteroatoms. The number of hydrogen-bond donors (Lipinski definition) is 2. The van der Waals surface area contributed by atoms with Crippen LogP contribution < -0.4 is 16.2 Å². The second kappa shape index (κ2) is 5.74. The highest BCUT2D eigenvalue weighted by Gasteiger charge is 2.14. The number of anilines is 1. The number of nitrogen functional groups attached to an aromatic ring is 1. The van der Waals surface area contributed by atoms with Gasteiger partial charge in [-0.1, -0.05) is 0 Å². The van der Waals surface area contributed by atoms with Gasteiger partial charge >= 0.3 is 5.97 Å². The standard InChI is InChI=1S/C11H14N2O4/c1-2-16-11(15)8-4-3-7(12)5-9(8)17-6-10(13)14/h3-5H,2,6,12H2,1H3,(H2,13,14). The maximum Gasteiger partial charge on any atom is 0.341 e. The van der Waals surface area contributed by atoms with Gasteiger partial charge in [-0.2, -0.15) is 0 Å². The lowest BCUT2D eigenvalue weighted by molar-refractivity contribution is -0.119. The van der Waals surface area contributed by atoms with Gasteiger partial charge in [0.25, 0.3) is 5.91 Å². The first-order valence-corrected chi connectivity index (χ1v) is 5.02. The van der Waals surface area contributed by atoms with Crippen LogP contribution in [0, 0.1) is 0 Å². The maximum absolute atomic E-state index is 11.6. The molecule has 0 saturated heterocycles. The highest BCUT2D eigenvalue weighted by Crippen LogP contribution is 2.22. The number of amides is 1. The molecule has 0 aromatic heterocycles. The van der Waals surface area contributed by atoms with Crippen molar-refractivity contribution in [1.29, 1.82) is 0 Å². The Balaban J connectivity index is 2.94. The molecule has 0 saturated carbocycles. The second-order valence-corrected chi connectivity index (χ2v) is 3.23. The van der Waals surface area contributed by atoms with E-state index in [0.29, 0.717) is 5.69 Å². The van der Waals surface area contributed by atoms with Crippen LogP contribution in [0.4, 0.5) is 5.69 Å². The molecular formula is C11H14N2O4. The average molecular weight is 238 g/mol. The first-order valence-electron chi connectivity index (χ1n) is 5.02. The minimum absolute atomic E-state index is 0.183. The molecule has 0 atom stereocenters. The third-order valence-corrected chi connectivity index (χ3v) is 1.87. The van der Waals surface area contributed by atoms with Crippen molar-refractivity contribution in [3.63, 3.8) is 0 Å². The fourth-order valence-corrected chi connectivity index (χ4v) is 1.18. The lowest BCUT2D eigenvalue weighted by atomic mass is 10.2. The zero-order chi connectivity index (χ0) is 12.8. The molecule has 0 spiro atoms. The van der Waals surface area contributed by atoms with Gasteiger partial charge in [0.2, 0.25) is 0 Å². The van der Waals surface area contributed by atoms with Crippen molar-refractivity contribution in [2.24, 2.45) is 5.73 Å². The van der Waals surface area contributed by atoms with Gasteiger partial charge in [-0.15, -0.1) is 0 Å². The van der Waals surface area contributed by atoms with Crippen molar-refractivity contribution in [2.75, 3.05) is 18.9 Å². The van der Waals surface area contributed by atoms with Gasteiger partial charge in [0.1, 0.15) is 11.3 Å². The molecule has 0 aliphatic rings. The summed E-state index contributed by atoms with van der Waals surface area (Å²) < 4.78 is 9.93. The molecule has 0 unspecified atom stereocenters. The van der Waals surface area contributed by atoms with E-state index >= 15 is 0 Å². The van der Waals surface area contributed by atoms with Gasteiger partial charge in [-0.05, 0) is 19.1 Å². The molecular weight excluding hydrogens is 224 g/mol. The third kappa shape index (κ3) is 3.67. The molecule has 6 nitrogen and oxygen atoms in total. The topological polar surface area (TPSA) is 105 Å². The number of carbonyl (C=O) groups is 2. The molecule has 1 aromatic carbocycles. The molecule has 0 heterocycles. The minimum Gasteiger partial charge on any atom is -0.483 e. The Bertz CT molecular complexity index is 431. The minimum atomic E-state index is -0.637. The highest BCUT2D eigenvalue weighted by atomic mass is 16.5. The monoisotopic (exact) mass is 238 g/mol. The van der Waals surface area contributed by atoms with Crippen LogP contribution in [-0.4, -0.2) is 25.1 Å².